The van der Waals surface area contributed by atoms with Gasteiger partial charge in [-0.2, -0.15) is 0 Å². The normalized spacial score (nSPS) is 23.4. The summed E-state index contributed by atoms with van der Waals surface area (Å²) in [6, 6.07) is 0.0337. The number of rotatable bonds is 4. The van der Waals surface area contributed by atoms with E-state index in [1.807, 2.05) is 19.9 Å². The van der Waals surface area contributed by atoms with Crippen molar-refractivity contribution in [3.05, 3.63) is 35.8 Å². The van der Waals surface area contributed by atoms with E-state index in [-0.39, 0.29) is 11.4 Å². The van der Waals surface area contributed by atoms with Crippen molar-refractivity contribution in [2.45, 2.75) is 29.1 Å². The number of hydrogen-bond acceptors (Lipinski definition) is 3. The zero-order valence-electron chi connectivity index (χ0n) is 10.4. The zero-order valence-corrected chi connectivity index (χ0v) is 13.4. The number of alkyl halides is 4. The standard InChI is InChI=1S/C12H14Cl4N2O/c1-3-8-9(6-18-11(8)7(2)13)17-5-4-10(19)12(14,15)16/h3-7,11,17-18H,1-2H3/b5-4+,8-3-/t7-,11+/m1/s1. The van der Waals surface area contributed by atoms with E-state index in [4.69, 9.17) is 46.4 Å². The maximum absolute atomic E-state index is 11.4. The first-order chi connectivity index (χ1) is 8.77. The van der Waals surface area contributed by atoms with Crippen LogP contribution in [0.5, 0.6) is 0 Å². The van der Waals surface area contributed by atoms with Crippen LogP contribution in [0, 0.1) is 0 Å². The van der Waals surface area contributed by atoms with E-state index in [1.54, 1.807) is 6.20 Å². The largest absolute Gasteiger partial charge is 0.381 e. The second-order valence-electron chi connectivity index (χ2n) is 3.96. The molecule has 1 rings (SSSR count). The van der Waals surface area contributed by atoms with Gasteiger partial charge in [0.1, 0.15) is 0 Å². The van der Waals surface area contributed by atoms with Crippen molar-refractivity contribution in [3.8, 4) is 0 Å². The molecule has 0 amide bonds. The van der Waals surface area contributed by atoms with Crippen molar-refractivity contribution in [3.63, 3.8) is 0 Å². The summed E-state index contributed by atoms with van der Waals surface area (Å²) in [5.41, 5.74) is 1.85. The van der Waals surface area contributed by atoms with Gasteiger partial charge in [-0.1, -0.05) is 40.9 Å². The predicted octanol–water partition coefficient (Wildman–Crippen LogP) is 3.42. The first kappa shape index (κ1) is 16.7. The topological polar surface area (TPSA) is 41.1 Å². The fourth-order valence-electron chi connectivity index (χ4n) is 1.66. The number of hydrogen-bond donors (Lipinski definition) is 2. The third-order valence-corrected chi connectivity index (χ3v) is 3.39. The highest BCUT2D eigenvalue weighted by molar-refractivity contribution is 6.77. The lowest BCUT2D eigenvalue weighted by Crippen LogP contribution is -2.30. The number of ketones is 1. The molecule has 0 saturated carbocycles. The second kappa shape index (κ2) is 6.89. The van der Waals surface area contributed by atoms with Crippen LogP contribution >= 0.6 is 46.4 Å². The van der Waals surface area contributed by atoms with Gasteiger partial charge in [0, 0.05) is 18.5 Å². The zero-order chi connectivity index (χ0) is 14.6. The highest BCUT2D eigenvalue weighted by Crippen LogP contribution is 2.27. The molecular weight excluding hydrogens is 330 g/mol. The van der Waals surface area contributed by atoms with E-state index in [0.29, 0.717) is 0 Å². The fourth-order valence-corrected chi connectivity index (χ4v) is 2.05. The van der Waals surface area contributed by atoms with E-state index < -0.39 is 9.58 Å². The van der Waals surface area contributed by atoms with Crippen LogP contribution in [-0.4, -0.2) is 21.0 Å². The molecule has 2 atom stereocenters. The Hall–Kier alpha value is -0.350. The first-order valence-corrected chi connectivity index (χ1v) is 7.15. The third kappa shape index (κ3) is 4.60. The molecule has 2 N–H and O–H groups in total. The van der Waals surface area contributed by atoms with Crippen molar-refractivity contribution in [1.82, 2.24) is 10.6 Å². The summed E-state index contributed by atoms with van der Waals surface area (Å²) < 4.78 is -1.93. The van der Waals surface area contributed by atoms with Gasteiger partial charge in [0.05, 0.1) is 17.1 Å². The minimum atomic E-state index is -1.93. The first-order valence-electron chi connectivity index (χ1n) is 5.58. The molecule has 0 radical (unpaired) electrons. The van der Waals surface area contributed by atoms with Crippen LogP contribution in [0.4, 0.5) is 0 Å². The quantitative estimate of drug-likeness (QED) is 0.607. The highest BCUT2D eigenvalue weighted by atomic mass is 35.6. The summed E-state index contributed by atoms with van der Waals surface area (Å²) in [4.78, 5) is 11.4. The summed E-state index contributed by atoms with van der Waals surface area (Å²) in [6.45, 7) is 3.82. The molecule has 1 aliphatic rings. The average Bonchev–Trinajstić information content (AvgIpc) is 2.70. The number of halogens is 4. The minimum Gasteiger partial charge on any atom is -0.381 e. The van der Waals surface area contributed by atoms with Gasteiger partial charge in [-0.05, 0) is 19.4 Å². The third-order valence-electron chi connectivity index (χ3n) is 2.58. The molecular formula is C12H14Cl4N2O. The molecule has 106 valence electrons. The smallest absolute Gasteiger partial charge is 0.252 e. The highest BCUT2D eigenvalue weighted by Gasteiger charge is 2.28. The molecule has 0 bridgehead atoms. The maximum Gasteiger partial charge on any atom is 0.252 e. The Morgan fingerprint density at radius 3 is 2.63 bits per heavy atom. The van der Waals surface area contributed by atoms with E-state index in [1.165, 1.54) is 12.3 Å². The molecule has 7 heteroatoms. The van der Waals surface area contributed by atoms with Gasteiger partial charge in [0.15, 0.2) is 0 Å². The molecule has 0 aromatic heterocycles. The molecule has 1 aliphatic heterocycles. The van der Waals surface area contributed by atoms with Gasteiger partial charge in [0.2, 0.25) is 5.78 Å². The molecule has 0 aliphatic carbocycles. The van der Waals surface area contributed by atoms with Crippen LogP contribution in [0.2, 0.25) is 0 Å². The van der Waals surface area contributed by atoms with Crippen molar-refractivity contribution in [2.24, 2.45) is 0 Å². The van der Waals surface area contributed by atoms with Crippen LogP contribution in [0.3, 0.4) is 0 Å². The van der Waals surface area contributed by atoms with Gasteiger partial charge in [-0.15, -0.1) is 11.6 Å². The molecule has 3 nitrogen and oxygen atoms in total. The molecule has 19 heavy (non-hydrogen) atoms. The van der Waals surface area contributed by atoms with Gasteiger partial charge < -0.3 is 10.6 Å². The van der Waals surface area contributed by atoms with E-state index >= 15 is 0 Å². The van der Waals surface area contributed by atoms with Crippen LogP contribution in [0.1, 0.15) is 13.8 Å². The van der Waals surface area contributed by atoms with Gasteiger partial charge >= 0.3 is 0 Å². The summed E-state index contributed by atoms with van der Waals surface area (Å²) in [7, 11) is 0. The Balaban J connectivity index is 2.65. The Labute approximate surface area is 132 Å². The van der Waals surface area contributed by atoms with Gasteiger partial charge in [0.25, 0.3) is 3.79 Å². The van der Waals surface area contributed by atoms with Crippen molar-refractivity contribution in [1.29, 1.82) is 0 Å². The maximum atomic E-state index is 11.4. The molecule has 1 heterocycles. The van der Waals surface area contributed by atoms with Crippen LogP contribution in [-0.2, 0) is 4.79 Å². The van der Waals surface area contributed by atoms with Crippen molar-refractivity contribution in [2.75, 3.05) is 0 Å². The van der Waals surface area contributed by atoms with Crippen molar-refractivity contribution < 1.29 is 4.79 Å². The average molecular weight is 344 g/mol. The lowest BCUT2D eigenvalue weighted by molar-refractivity contribution is -0.113. The Morgan fingerprint density at radius 1 is 1.53 bits per heavy atom. The molecule has 0 unspecified atom stereocenters. The molecule has 0 aromatic rings. The van der Waals surface area contributed by atoms with Gasteiger partial charge in [-0.25, -0.2) is 0 Å². The van der Waals surface area contributed by atoms with Crippen LogP contribution in [0.15, 0.2) is 35.8 Å². The van der Waals surface area contributed by atoms with E-state index in [2.05, 4.69) is 10.6 Å². The number of carbonyl (C=O) groups excluding carboxylic acids is 1. The number of allylic oxidation sites excluding steroid dienone is 2. The number of carbonyl (C=O) groups is 1. The Kier molecular flexibility index (Phi) is 6.06. The lowest BCUT2D eigenvalue weighted by Gasteiger charge is -2.17. The predicted molar refractivity (Wildman–Crippen MR) is 81.7 cm³/mol. The SMILES string of the molecule is C/C=C1/C(N/C=C/C(=O)C(Cl)(Cl)Cl)=CN[C@H]1[C@@H](C)Cl. The van der Waals surface area contributed by atoms with Crippen LogP contribution < -0.4 is 10.6 Å². The fraction of sp³-hybridized carbons (Fsp3) is 0.417. The van der Waals surface area contributed by atoms with Crippen molar-refractivity contribution >= 4 is 52.2 Å². The molecule has 0 saturated heterocycles. The lowest BCUT2D eigenvalue weighted by atomic mass is 10.0. The van der Waals surface area contributed by atoms with E-state index in [0.717, 1.165) is 11.3 Å². The Bertz CT molecular complexity index is 436. The molecule has 0 spiro atoms. The van der Waals surface area contributed by atoms with Crippen LogP contribution in [0.25, 0.3) is 0 Å². The number of nitrogens with one attached hydrogen (secondary N) is 2. The summed E-state index contributed by atoms with van der Waals surface area (Å²) in [5, 5.41) is 6.06. The minimum absolute atomic E-state index is 0.0337. The van der Waals surface area contributed by atoms with E-state index in [9.17, 15) is 4.79 Å². The molecule has 0 aromatic carbocycles. The summed E-state index contributed by atoms with van der Waals surface area (Å²) in [6.07, 6.45) is 6.36. The Morgan fingerprint density at radius 2 is 2.16 bits per heavy atom. The monoisotopic (exact) mass is 342 g/mol. The molecule has 0 fully saturated rings. The second-order valence-corrected chi connectivity index (χ2v) is 6.93. The summed E-state index contributed by atoms with van der Waals surface area (Å²) in [5.74, 6) is -0.610. The summed E-state index contributed by atoms with van der Waals surface area (Å²) >= 11 is 22.4. The van der Waals surface area contributed by atoms with Gasteiger partial charge in [-0.3, -0.25) is 4.79 Å².